The number of nitrogens with zero attached hydrogens (tertiary/aromatic N) is 2. The first-order valence-corrected chi connectivity index (χ1v) is 18.4. The number of hydrogen-bond acceptors (Lipinski definition) is 12. The van der Waals surface area contributed by atoms with Crippen LogP contribution < -0.4 is 16.1 Å². The second kappa shape index (κ2) is 18.1. The van der Waals surface area contributed by atoms with Crippen molar-refractivity contribution in [3.63, 3.8) is 0 Å². The second-order valence-electron chi connectivity index (χ2n) is 10.5. The van der Waals surface area contributed by atoms with Gasteiger partial charge in [-0.1, -0.05) is 60.7 Å². The van der Waals surface area contributed by atoms with Crippen molar-refractivity contribution >= 4 is 79.3 Å². The molecule has 50 heavy (non-hydrogen) atoms. The van der Waals surface area contributed by atoms with Crippen LogP contribution in [-0.4, -0.2) is 46.0 Å². The third kappa shape index (κ3) is 11.0. The van der Waals surface area contributed by atoms with Crippen LogP contribution >= 0.6 is 45.3 Å². The molecular formula is C35H31N5O6S4. The highest BCUT2D eigenvalue weighted by atomic mass is 32.1. The van der Waals surface area contributed by atoms with Crippen LogP contribution in [0.1, 0.15) is 20.9 Å². The minimum Gasteiger partial charge on any atom is -0.469 e. The zero-order valence-electron chi connectivity index (χ0n) is 26.6. The summed E-state index contributed by atoms with van der Waals surface area (Å²) in [5.41, 5.74) is 5.06. The molecule has 0 fully saturated rings. The molecule has 0 bridgehead atoms. The Morgan fingerprint density at radius 1 is 0.620 bits per heavy atom. The fraction of sp³-hybridized carbons (Fsp3) is 0.143. The number of aromatic nitrogens is 2. The maximum absolute atomic E-state index is 12.1. The number of carbonyl (C=O) groups is 4. The number of thiophene rings is 2. The number of nitrogens with one attached hydrogen (secondary N) is 3. The summed E-state index contributed by atoms with van der Waals surface area (Å²) in [4.78, 5) is 59.2. The fourth-order valence-corrected chi connectivity index (χ4v) is 7.93. The molecule has 15 heteroatoms. The first-order chi connectivity index (χ1) is 24.3. The molecule has 6 aromatic rings. The van der Waals surface area contributed by atoms with Crippen molar-refractivity contribution in [1.29, 1.82) is 0 Å². The van der Waals surface area contributed by atoms with E-state index in [9.17, 15) is 19.2 Å². The molecule has 0 aliphatic heterocycles. The third-order valence-corrected chi connectivity index (χ3v) is 10.5. The van der Waals surface area contributed by atoms with Gasteiger partial charge < -0.3 is 15.4 Å². The zero-order chi connectivity index (χ0) is 35.3. The van der Waals surface area contributed by atoms with Crippen molar-refractivity contribution in [1.82, 2.24) is 15.4 Å². The van der Waals surface area contributed by atoms with Gasteiger partial charge in [0.1, 0.15) is 0 Å². The molecular weight excluding hydrogens is 715 g/mol. The van der Waals surface area contributed by atoms with E-state index in [4.69, 9.17) is 5.21 Å². The lowest BCUT2D eigenvalue weighted by molar-refractivity contribution is -0.139. The molecule has 0 spiro atoms. The number of hydrogen-bond donors (Lipinski definition) is 4. The van der Waals surface area contributed by atoms with Crippen molar-refractivity contribution in [2.24, 2.45) is 0 Å². The molecule has 4 N–H and O–H groups in total. The zero-order valence-corrected chi connectivity index (χ0v) is 29.8. The maximum Gasteiger partial charge on any atom is 0.310 e. The predicted octanol–water partition coefficient (Wildman–Crippen LogP) is 6.87. The fourth-order valence-electron chi connectivity index (χ4n) is 4.41. The third-order valence-electron chi connectivity index (χ3n) is 6.75. The van der Waals surface area contributed by atoms with Gasteiger partial charge >= 0.3 is 5.97 Å². The highest BCUT2D eigenvalue weighted by molar-refractivity contribution is 7.17. The molecule has 6 rings (SSSR count). The van der Waals surface area contributed by atoms with Crippen LogP contribution in [0.3, 0.4) is 0 Å². The molecule has 0 radical (unpaired) electrons. The SMILES string of the molecule is COC(=O)Cc1ccc(-c2csc(NC(=O)Cc3ccccc3)n2)s1.O=C(Cc1ccc(-c2csc(NC(=O)Cc3ccccc3)n2)s1)NO. The van der Waals surface area contributed by atoms with Gasteiger partial charge in [0.15, 0.2) is 10.3 Å². The van der Waals surface area contributed by atoms with E-state index in [0.717, 1.165) is 42.0 Å². The van der Waals surface area contributed by atoms with Gasteiger partial charge in [-0.3, -0.25) is 24.4 Å². The molecule has 2 aromatic carbocycles. The lowest BCUT2D eigenvalue weighted by Crippen LogP contribution is -2.20. The maximum atomic E-state index is 12.1. The number of benzene rings is 2. The Hall–Kier alpha value is -5.06. The Labute approximate surface area is 303 Å². The highest BCUT2D eigenvalue weighted by Gasteiger charge is 2.14. The van der Waals surface area contributed by atoms with Gasteiger partial charge in [-0.25, -0.2) is 15.4 Å². The number of amides is 3. The summed E-state index contributed by atoms with van der Waals surface area (Å²) < 4.78 is 4.67. The largest absolute Gasteiger partial charge is 0.469 e. The van der Waals surface area contributed by atoms with Crippen LogP contribution in [0.15, 0.2) is 95.7 Å². The summed E-state index contributed by atoms with van der Waals surface area (Å²) in [6.07, 6.45) is 0.991. The van der Waals surface area contributed by atoms with Crippen LogP contribution in [0, 0.1) is 0 Å². The summed E-state index contributed by atoms with van der Waals surface area (Å²) in [7, 11) is 1.38. The van der Waals surface area contributed by atoms with Crippen LogP contribution in [0.4, 0.5) is 10.3 Å². The summed E-state index contributed by atoms with van der Waals surface area (Å²) in [5.74, 6) is -0.927. The number of hydroxylamine groups is 1. The molecule has 0 unspecified atom stereocenters. The number of methoxy groups -OCH3 is 1. The molecule has 0 atom stereocenters. The Balaban J connectivity index is 0.000000194. The normalized spacial score (nSPS) is 10.4. The average Bonchev–Trinajstić information content (AvgIpc) is 3.94. The van der Waals surface area contributed by atoms with E-state index in [0.29, 0.717) is 23.1 Å². The lowest BCUT2D eigenvalue weighted by Gasteiger charge is -2.01. The Bertz CT molecular complexity index is 1890. The van der Waals surface area contributed by atoms with Gasteiger partial charge in [0.2, 0.25) is 17.7 Å². The minimum absolute atomic E-state index is 0.0929. The standard InChI is InChI=1S/C18H16N2O3S2.C17H15N3O3S2/c1-23-17(22)10-13-7-8-15(25-13)14-11-24-18(19-14)20-16(21)9-12-5-3-2-4-6-12;21-15(8-11-4-2-1-3-5-11)19-17-18-13(10-24-17)14-7-6-12(25-14)9-16(22)20-23/h2-8,11H,9-10H2,1H3,(H,19,20,21);1-7,10,23H,8-9H2,(H,20,22)(H,18,19,21). The molecule has 11 nitrogen and oxygen atoms in total. The predicted molar refractivity (Wildman–Crippen MR) is 198 cm³/mol. The minimum atomic E-state index is -0.458. The number of anilines is 2. The molecule has 0 saturated carbocycles. The monoisotopic (exact) mass is 745 g/mol. The number of carbonyl (C=O) groups excluding carboxylic acids is 4. The van der Waals surface area contributed by atoms with E-state index in [2.05, 4.69) is 25.3 Å². The van der Waals surface area contributed by atoms with Crippen molar-refractivity contribution in [2.75, 3.05) is 17.7 Å². The lowest BCUT2D eigenvalue weighted by atomic mass is 10.1. The van der Waals surface area contributed by atoms with Gasteiger partial charge in [-0.15, -0.1) is 45.3 Å². The van der Waals surface area contributed by atoms with Crippen LogP contribution in [-0.2, 0) is 49.6 Å². The molecule has 256 valence electrons. The second-order valence-corrected chi connectivity index (χ2v) is 14.5. The average molecular weight is 746 g/mol. The van der Waals surface area contributed by atoms with Crippen molar-refractivity contribution in [3.05, 3.63) is 117 Å². The van der Waals surface area contributed by atoms with Gasteiger partial charge in [0.25, 0.3) is 0 Å². The van der Waals surface area contributed by atoms with E-state index < -0.39 is 5.91 Å². The van der Waals surface area contributed by atoms with Crippen LogP contribution in [0.25, 0.3) is 21.1 Å². The number of thiazole rings is 2. The van der Waals surface area contributed by atoms with Gasteiger partial charge in [0.05, 0.1) is 53.9 Å². The smallest absolute Gasteiger partial charge is 0.310 e. The van der Waals surface area contributed by atoms with Crippen molar-refractivity contribution in [2.45, 2.75) is 25.7 Å². The van der Waals surface area contributed by atoms with E-state index >= 15 is 0 Å². The number of esters is 1. The van der Waals surface area contributed by atoms with Crippen LogP contribution in [0.5, 0.6) is 0 Å². The molecule has 0 saturated heterocycles. The summed E-state index contributed by atoms with van der Waals surface area (Å²) >= 11 is 5.66. The van der Waals surface area contributed by atoms with Gasteiger partial charge in [-0.2, -0.15) is 0 Å². The highest BCUT2D eigenvalue weighted by Crippen LogP contribution is 2.32. The quantitative estimate of drug-likeness (QED) is 0.0600. The summed E-state index contributed by atoms with van der Waals surface area (Å²) in [6, 6.07) is 26.6. The van der Waals surface area contributed by atoms with Crippen molar-refractivity contribution in [3.8, 4) is 21.1 Å². The van der Waals surface area contributed by atoms with Crippen molar-refractivity contribution < 1.29 is 29.1 Å². The van der Waals surface area contributed by atoms with Gasteiger partial charge in [-0.05, 0) is 35.4 Å². The first kappa shape index (κ1) is 36.2. The Morgan fingerprint density at radius 3 is 1.52 bits per heavy atom. The van der Waals surface area contributed by atoms with E-state index in [-0.39, 0.29) is 30.6 Å². The molecule has 4 aromatic heterocycles. The molecule has 3 amide bonds. The topological polar surface area (TPSA) is 160 Å². The van der Waals surface area contributed by atoms with E-state index in [1.807, 2.05) is 95.7 Å². The Morgan fingerprint density at radius 2 is 1.08 bits per heavy atom. The molecule has 0 aliphatic rings. The van der Waals surface area contributed by atoms with Crippen LogP contribution in [0.2, 0.25) is 0 Å². The summed E-state index contributed by atoms with van der Waals surface area (Å²) in [5, 5.41) is 19.1. The van der Waals surface area contributed by atoms with E-state index in [1.54, 1.807) is 5.48 Å². The number of ether oxygens (including phenoxy) is 1. The Kier molecular flexibility index (Phi) is 13.1. The first-order valence-electron chi connectivity index (χ1n) is 15.0. The van der Waals surface area contributed by atoms with E-state index in [1.165, 1.54) is 52.5 Å². The van der Waals surface area contributed by atoms with Gasteiger partial charge in [0, 0.05) is 20.5 Å². The molecule has 0 aliphatic carbocycles. The number of rotatable bonds is 12. The molecule has 4 heterocycles. The summed E-state index contributed by atoms with van der Waals surface area (Å²) in [6.45, 7) is 0.